The third kappa shape index (κ3) is 3.36. The van der Waals surface area contributed by atoms with E-state index >= 15 is 0 Å². The largest absolute Gasteiger partial charge is 0.469 e. The van der Waals surface area contributed by atoms with Gasteiger partial charge in [0.05, 0.1) is 24.7 Å². The molecule has 0 unspecified atom stereocenters. The van der Waals surface area contributed by atoms with Crippen LogP contribution in [0.5, 0.6) is 0 Å². The number of hydrogen-bond donors (Lipinski definition) is 1. The zero-order valence-electron chi connectivity index (χ0n) is 11.3. The van der Waals surface area contributed by atoms with Crippen LogP contribution in [-0.4, -0.2) is 36.4 Å². The summed E-state index contributed by atoms with van der Waals surface area (Å²) in [5, 5.41) is 9.99. The van der Waals surface area contributed by atoms with Crippen LogP contribution in [0.25, 0.3) is 0 Å². The van der Waals surface area contributed by atoms with Crippen LogP contribution in [0, 0.1) is 5.92 Å². The van der Waals surface area contributed by atoms with Crippen molar-refractivity contribution in [2.75, 3.05) is 7.11 Å². The molecule has 1 N–H and O–H groups in total. The van der Waals surface area contributed by atoms with Crippen LogP contribution in [0.1, 0.15) is 29.6 Å². The number of carbonyl (C=O) groups excluding carboxylic acids is 2. The molecule has 1 aromatic carbocycles. The molecule has 108 valence electrons. The van der Waals surface area contributed by atoms with Crippen molar-refractivity contribution in [2.24, 2.45) is 5.92 Å². The molecule has 0 aromatic heterocycles. The van der Waals surface area contributed by atoms with Crippen LogP contribution in [0.15, 0.2) is 30.3 Å². The van der Waals surface area contributed by atoms with Gasteiger partial charge >= 0.3 is 11.9 Å². The maximum Gasteiger partial charge on any atom is 0.338 e. The second kappa shape index (κ2) is 6.52. The summed E-state index contributed by atoms with van der Waals surface area (Å²) in [6, 6.07) is 8.64. The number of carbonyl (C=O) groups is 2. The second-order valence-corrected chi connectivity index (χ2v) is 4.91. The number of benzene rings is 1. The first kappa shape index (κ1) is 14.5. The summed E-state index contributed by atoms with van der Waals surface area (Å²) >= 11 is 0. The molecule has 1 aliphatic rings. The Labute approximate surface area is 117 Å². The SMILES string of the molecule is COC(=O)[C@@H]1CC[C@@H](OC(=O)c2ccccc2)[C@H](O)C1. The van der Waals surface area contributed by atoms with Crippen molar-refractivity contribution in [2.45, 2.75) is 31.5 Å². The Morgan fingerprint density at radius 2 is 1.90 bits per heavy atom. The highest BCUT2D eigenvalue weighted by molar-refractivity contribution is 5.89. The third-order valence-electron chi connectivity index (χ3n) is 3.56. The average molecular weight is 278 g/mol. The van der Waals surface area contributed by atoms with Gasteiger partial charge in [-0.15, -0.1) is 0 Å². The normalized spacial score (nSPS) is 25.8. The Balaban J connectivity index is 1.92. The Morgan fingerprint density at radius 3 is 2.50 bits per heavy atom. The quantitative estimate of drug-likeness (QED) is 0.849. The van der Waals surface area contributed by atoms with Crippen molar-refractivity contribution in [3.63, 3.8) is 0 Å². The highest BCUT2D eigenvalue weighted by atomic mass is 16.6. The summed E-state index contributed by atoms with van der Waals surface area (Å²) in [4.78, 5) is 23.3. The molecular weight excluding hydrogens is 260 g/mol. The molecule has 0 amide bonds. The van der Waals surface area contributed by atoms with E-state index in [0.717, 1.165) is 0 Å². The Kier molecular flexibility index (Phi) is 4.74. The molecular formula is C15H18O5. The molecule has 0 bridgehead atoms. The number of aliphatic hydroxyl groups is 1. The van der Waals surface area contributed by atoms with E-state index in [9.17, 15) is 14.7 Å². The number of rotatable bonds is 3. The number of methoxy groups -OCH3 is 1. The minimum Gasteiger partial charge on any atom is -0.469 e. The monoisotopic (exact) mass is 278 g/mol. The average Bonchev–Trinajstić information content (AvgIpc) is 2.49. The molecule has 1 fully saturated rings. The van der Waals surface area contributed by atoms with E-state index in [2.05, 4.69) is 4.74 Å². The van der Waals surface area contributed by atoms with Crippen molar-refractivity contribution in [1.29, 1.82) is 0 Å². The van der Waals surface area contributed by atoms with Gasteiger partial charge in [-0.05, 0) is 31.4 Å². The minimum absolute atomic E-state index is 0.263. The van der Waals surface area contributed by atoms with E-state index in [1.807, 2.05) is 6.07 Å². The molecule has 3 atom stereocenters. The molecule has 20 heavy (non-hydrogen) atoms. The van der Waals surface area contributed by atoms with E-state index < -0.39 is 18.2 Å². The van der Waals surface area contributed by atoms with Crippen LogP contribution < -0.4 is 0 Å². The van der Waals surface area contributed by atoms with Gasteiger partial charge in [-0.3, -0.25) is 4.79 Å². The maximum atomic E-state index is 11.9. The van der Waals surface area contributed by atoms with E-state index in [1.54, 1.807) is 24.3 Å². The van der Waals surface area contributed by atoms with Crippen LogP contribution in [0.4, 0.5) is 0 Å². The Hall–Kier alpha value is -1.88. The third-order valence-corrected chi connectivity index (χ3v) is 3.56. The lowest BCUT2D eigenvalue weighted by Crippen LogP contribution is -2.39. The van der Waals surface area contributed by atoms with Crippen molar-refractivity contribution < 1.29 is 24.2 Å². The number of ether oxygens (including phenoxy) is 2. The second-order valence-electron chi connectivity index (χ2n) is 4.91. The molecule has 0 heterocycles. The molecule has 0 saturated heterocycles. The zero-order valence-corrected chi connectivity index (χ0v) is 11.3. The van der Waals surface area contributed by atoms with E-state index in [4.69, 9.17) is 4.74 Å². The van der Waals surface area contributed by atoms with Crippen LogP contribution in [0.3, 0.4) is 0 Å². The van der Waals surface area contributed by atoms with Crippen LogP contribution in [0.2, 0.25) is 0 Å². The minimum atomic E-state index is -0.833. The number of hydrogen-bond acceptors (Lipinski definition) is 5. The first-order valence-corrected chi connectivity index (χ1v) is 6.63. The van der Waals surface area contributed by atoms with Gasteiger partial charge in [-0.1, -0.05) is 18.2 Å². The van der Waals surface area contributed by atoms with E-state index in [-0.39, 0.29) is 18.3 Å². The molecule has 5 nitrogen and oxygen atoms in total. The highest BCUT2D eigenvalue weighted by Crippen LogP contribution is 2.28. The molecule has 1 aliphatic carbocycles. The van der Waals surface area contributed by atoms with E-state index in [0.29, 0.717) is 18.4 Å². The predicted octanol–water partition coefficient (Wildman–Crippen LogP) is 1.55. The van der Waals surface area contributed by atoms with Gasteiger partial charge in [0.1, 0.15) is 6.10 Å². The van der Waals surface area contributed by atoms with Gasteiger partial charge in [0.2, 0.25) is 0 Å². The van der Waals surface area contributed by atoms with Crippen LogP contribution in [-0.2, 0) is 14.3 Å². The lowest BCUT2D eigenvalue weighted by molar-refractivity contribution is -0.150. The van der Waals surface area contributed by atoms with Gasteiger partial charge < -0.3 is 14.6 Å². The summed E-state index contributed by atoms with van der Waals surface area (Å²) in [6.07, 6.45) is -0.126. The molecule has 2 rings (SSSR count). The number of esters is 2. The summed E-state index contributed by atoms with van der Waals surface area (Å²) in [5.74, 6) is -1.09. The van der Waals surface area contributed by atoms with Gasteiger partial charge in [0, 0.05) is 0 Å². The molecule has 1 saturated carbocycles. The summed E-state index contributed by atoms with van der Waals surface area (Å²) in [5.41, 5.74) is 0.454. The zero-order chi connectivity index (χ0) is 14.5. The lowest BCUT2D eigenvalue weighted by Gasteiger charge is -2.31. The Bertz CT molecular complexity index is 470. The highest BCUT2D eigenvalue weighted by Gasteiger charge is 2.35. The molecule has 0 radical (unpaired) electrons. The van der Waals surface area contributed by atoms with Crippen molar-refractivity contribution in [3.8, 4) is 0 Å². The fraction of sp³-hybridized carbons (Fsp3) is 0.467. The smallest absolute Gasteiger partial charge is 0.338 e. The van der Waals surface area contributed by atoms with Gasteiger partial charge in [-0.25, -0.2) is 4.79 Å². The Morgan fingerprint density at radius 1 is 1.20 bits per heavy atom. The molecule has 1 aromatic rings. The van der Waals surface area contributed by atoms with E-state index in [1.165, 1.54) is 7.11 Å². The van der Waals surface area contributed by atoms with Gasteiger partial charge in [0.15, 0.2) is 0 Å². The summed E-state index contributed by atoms with van der Waals surface area (Å²) < 4.78 is 9.98. The van der Waals surface area contributed by atoms with Crippen molar-refractivity contribution in [1.82, 2.24) is 0 Å². The predicted molar refractivity (Wildman–Crippen MR) is 71.0 cm³/mol. The summed E-state index contributed by atoms with van der Waals surface area (Å²) in [7, 11) is 1.33. The lowest BCUT2D eigenvalue weighted by atomic mass is 9.85. The molecule has 0 spiro atoms. The molecule has 0 aliphatic heterocycles. The van der Waals surface area contributed by atoms with Crippen molar-refractivity contribution in [3.05, 3.63) is 35.9 Å². The standard InChI is InChI=1S/C15H18O5/c1-19-14(17)11-7-8-13(12(16)9-11)20-15(18)10-5-3-2-4-6-10/h2-6,11-13,16H,7-9H2,1H3/t11-,12-,13-/m1/s1. The first-order chi connectivity index (χ1) is 9.61. The fourth-order valence-electron chi connectivity index (χ4n) is 2.42. The first-order valence-electron chi connectivity index (χ1n) is 6.63. The number of aliphatic hydroxyl groups excluding tert-OH is 1. The fourth-order valence-corrected chi connectivity index (χ4v) is 2.42. The maximum absolute atomic E-state index is 11.9. The van der Waals surface area contributed by atoms with Gasteiger partial charge in [-0.2, -0.15) is 0 Å². The van der Waals surface area contributed by atoms with Crippen LogP contribution >= 0.6 is 0 Å². The van der Waals surface area contributed by atoms with Crippen molar-refractivity contribution >= 4 is 11.9 Å². The summed E-state index contributed by atoms with van der Waals surface area (Å²) in [6.45, 7) is 0. The van der Waals surface area contributed by atoms with Gasteiger partial charge in [0.25, 0.3) is 0 Å². The molecule has 5 heteroatoms. The topological polar surface area (TPSA) is 72.8 Å².